The van der Waals surface area contributed by atoms with Crippen molar-refractivity contribution in [1.29, 1.82) is 0 Å². The number of carbonyl (C=O) groups is 2. The number of esters is 1. The van der Waals surface area contributed by atoms with Crippen molar-refractivity contribution in [3.8, 4) is 16.9 Å². The number of benzene rings is 2. The van der Waals surface area contributed by atoms with E-state index in [1.165, 1.54) is 0 Å². The Morgan fingerprint density at radius 3 is 2.90 bits per heavy atom. The first-order valence-corrected chi connectivity index (χ1v) is 14.9. The average Bonchev–Trinajstić information content (AvgIpc) is 3.51. The van der Waals surface area contributed by atoms with Gasteiger partial charge in [0.2, 0.25) is 5.91 Å². The van der Waals surface area contributed by atoms with E-state index >= 15 is 0 Å². The number of hydrogen-bond donors (Lipinski definition) is 1. The monoisotopic (exact) mass is 568 g/mol. The lowest BCUT2D eigenvalue weighted by molar-refractivity contribution is -0.143. The summed E-state index contributed by atoms with van der Waals surface area (Å²) in [5.74, 6) is 0.355. The van der Waals surface area contributed by atoms with Crippen LogP contribution in [0.4, 0.5) is 11.4 Å². The number of aryl methyl sites for hydroxylation is 1. The molecule has 1 unspecified atom stereocenters. The van der Waals surface area contributed by atoms with Crippen molar-refractivity contribution >= 4 is 23.3 Å². The number of aromatic nitrogens is 2. The van der Waals surface area contributed by atoms with E-state index in [9.17, 15) is 9.59 Å². The summed E-state index contributed by atoms with van der Waals surface area (Å²) in [4.78, 5) is 29.0. The molecular weight excluding hydrogens is 532 g/mol. The Morgan fingerprint density at radius 1 is 1.19 bits per heavy atom. The van der Waals surface area contributed by atoms with E-state index in [1.54, 1.807) is 19.1 Å². The highest BCUT2D eigenvalue weighted by atomic mass is 16.5. The number of amides is 1. The summed E-state index contributed by atoms with van der Waals surface area (Å²) in [6.07, 6.45) is 10.1. The Kier molecular flexibility index (Phi) is 7.98. The van der Waals surface area contributed by atoms with E-state index in [1.807, 2.05) is 29.2 Å². The van der Waals surface area contributed by atoms with Crippen molar-refractivity contribution in [2.75, 3.05) is 25.1 Å². The normalized spacial score (nSPS) is 22.5. The fraction of sp³-hybridized carbons (Fsp3) is 0.455. The van der Waals surface area contributed by atoms with Crippen molar-refractivity contribution in [1.82, 2.24) is 9.78 Å². The SMILES string of the molecule is [C-]#[N+]c1ccc(CCCC(=O)OCC)c(NC(=O)[C@@H]2C[C@]23CCOc2ccc(-c4cnn(C5CCCCO5)c4)cc23)c1. The van der Waals surface area contributed by atoms with E-state index in [4.69, 9.17) is 20.8 Å². The Labute approximate surface area is 246 Å². The molecule has 218 valence electrons. The standard InChI is InChI=1S/C33H36N4O5/c1-3-40-31(38)9-6-7-22-10-12-25(34-2)18-28(22)36-32(39)27-19-33(27)14-16-41-29-13-11-23(17-26(29)33)24-20-35-37(21-24)30-8-4-5-15-42-30/h10-13,17-18,20-21,27,30H,3-9,14-16,19H2,1H3,(H,36,39)/t27-,30?,33-/m0/s1. The van der Waals surface area contributed by atoms with Crippen LogP contribution in [0.2, 0.25) is 0 Å². The minimum Gasteiger partial charge on any atom is -0.493 e. The van der Waals surface area contributed by atoms with Gasteiger partial charge in [-0.05, 0) is 81.2 Å². The molecule has 3 aliphatic rings. The zero-order valence-electron chi connectivity index (χ0n) is 23.9. The maximum atomic E-state index is 13.7. The first-order chi connectivity index (χ1) is 20.5. The van der Waals surface area contributed by atoms with Crippen LogP contribution in [0.1, 0.15) is 69.2 Å². The van der Waals surface area contributed by atoms with Crippen LogP contribution in [0.5, 0.6) is 5.75 Å². The molecule has 1 saturated carbocycles. The van der Waals surface area contributed by atoms with Crippen molar-refractivity contribution < 1.29 is 23.8 Å². The average molecular weight is 569 g/mol. The molecule has 1 N–H and O–H groups in total. The molecule has 0 bridgehead atoms. The van der Waals surface area contributed by atoms with Crippen molar-refractivity contribution in [3.63, 3.8) is 0 Å². The molecule has 3 aromatic rings. The molecule has 42 heavy (non-hydrogen) atoms. The van der Waals surface area contributed by atoms with Crippen LogP contribution in [-0.4, -0.2) is 41.5 Å². The predicted octanol–water partition coefficient (Wildman–Crippen LogP) is 6.36. The van der Waals surface area contributed by atoms with Gasteiger partial charge < -0.3 is 19.5 Å². The van der Waals surface area contributed by atoms with Gasteiger partial charge in [-0.2, -0.15) is 5.10 Å². The van der Waals surface area contributed by atoms with Crippen molar-refractivity contribution in [3.05, 3.63) is 71.3 Å². The highest BCUT2D eigenvalue weighted by molar-refractivity contribution is 5.97. The molecule has 1 aromatic heterocycles. The molecule has 1 aliphatic carbocycles. The van der Waals surface area contributed by atoms with E-state index in [2.05, 4.69) is 27.4 Å². The molecule has 1 saturated heterocycles. The van der Waals surface area contributed by atoms with Gasteiger partial charge in [0.1, 0.15) is 12.0 Å². The lowest BCUT2D eigenvalue weighted by Gasteiger charge is -2.27. The number of ether oxygens (including phenoxy) is 3. The lowest BCUT2D eigenvalue weighted by atomic mass is 9.85. The van der Waals surface area contributed by atoms with Gasteiger partial charge in [0, 0.05) is 47.4 Å². The van der Waals surface area contributed by atoms with Crippen LogP contribution in [0.25, 0.3) is 16.0 Å². The maximum Gasteiger partial charge on any atom is 0.305 e. The predicted molar refractivity (Wildman–Crippen MR) is 157 cm³/mol. The maximum absolute atomic E-state index is 13.7. The van der Waals surface area contributed by atoms with E-state index < -0.39 is 0 Å². The minimum absolute atomic E-state index is 0.0206. The molecule has 1 amide bonds. The van der Waals surface area contributed by atoms with Crippen molar-refractivity contribution in [2.45, 2.75) is 69.9 Å². The topological polar surface area (TPSA) is 96.0 Å². The second-order valence-corrected chi connectivity index (χ2v) is 11.4. The van der Waals surface area contributed by atoms with Crippen molar-refractivity contribution in [2.24, 2.45) is 5.92 Å². The molecule has 9 nitrogen and oxygen atoms in total. The Morgan fingerprint density at radius 2 is 2.10 bits per heavy atom. The van der Waals surface area contributed by atoms with Gasteiger partial charge >= 0.3 is 5.97 Å². The van der Waals surface area contributed by atoms with Gasteiger partial charge in [0.05, 0.1) is 26.0 Å². The molecule has 3 atom stereocenters. The smallest absolute Gasteiger partial charge is 0.305 e. The largest absolute Gasteiger partial charge is 0.493 e. The van der Waals surface area contributed by atoms with Gasteiger partial charge in [-0.3, -0.25) is 9.59 Å². The van der Waals surface area contributed by atoms with Gasteiger partial charge in [0.15, 0.2) is 5.69 Å². The van der Waals surface area contributed by atoms with Gasteiger partial charge in [-0.25, -0.2) is 9.53 Å². The zero-order chi connectivity index (χ0) is 29.1. The number of carbonyl (C=O) groups excluding carboxylic acids is 2. The van der Waals surface area contributed by atoms with Crippen LogP contribution in [-0.2, 0) is 30.9 Å². The summed E-state index contributed by atoms with van der Waals surface area (Å²) in [5.41, 5.74) is 4.85. The third-order valence-electron chi connectivity index (χ3n) is 8.71. The lowest BCUT2D eigenvalue weighted by Crippen LogP contribution is -2.27. The summed E-state index contributed by atoms with van der Waals surface area (Å²) in [5, 5.41) is 7.71. The third-order valence-corrected chi connectivity index (χ3v) is 8.71. The quantitative estimate of drug-likeness (QED) is 0.238. The first-order valence-electron chi connectivity index (χ1n) is 14.9. The number of hydrogen-bond acceptors (Lipinski definition) is 6. The Hall–Kier alpha value is -4.16. The number of rotatable bonds is 9. The van der Waals surface area contributed by atoms with Crippen LogP contribution < -0.4 is 10.1 Å². The van der Waals surface area contributed by atoms with Gasteiger partial charge in [0.25, 0.3) is 0 Å². The third kappa shape index (κ3) is 5.64. The molecule has 9 heteroatoms. The van der Waals surface area contributed by atoms with Crippen LogP contribution in [0.15, 0.2) is 48.8 Å². The summed E-state index contributed by atoms with van der Waals surface area (Å²) in [6.45, 7) is 10.9. The second kappa shape index (κ2) is 12.0. The fourth-order valence-corrected chi connectivity index (χ4v) is 6.35. The molecule has 2 fully saturated rings. The molecule has 3 heterocycles. The van der Waals surface area contributed by atoms with Crippen LogP contribution in [0, 0.1) is 12.5 Å². The number of nitrogens with zero attached hydrogens (tertiary/aromatic N) is 3. The van der Waals surface area contributed by atoms with E-state index in [0.717, 1.165) is 66.7 Å². The number of fused-ring (bicyclic) bond motifs is 2. The molecule has 0 radical (unpaired) electrons. The molecular formula is C33H36N4O5. The highest BCUT2D eigenvalue weighted by Crippen LogP contribution is 2.61. The first kappa shape index (κ1) is 28.0. The zero-order valence-corrected chi connectivity index (χ0v) is 23.9. The van der Waals surface area contributed by atoms with Crippen LogP contribution in [0.3, 0.4) is 0 Å². The number of nitrogens with one attached hydrogen (secondary N) is 1. The molecule has 6 rings (SSSR count). The highest BCUT2D eigenvalue weighted by Gasteiger charge is 2.61. The fourth-order valence-electron chi connectivity index (χ4n) is 6.35. The summed E-state index contributed by atoms with van der Waals surface area (Å²) >= 11 is 0. The summed E-state index contributed by atoms with van der Waals surface area (Å²) in [7, 11) is 0. The molecule has 2 aromatic carbocycles. The van der Waals surface area contributed by atoms with Gasteiger partial charge in [-0.1, -0.05) is 18.2 Å². The second-order valence-electron chi connectivity index (χ2n) is 11.4. The Balaban J connectivity index is 1.19. The van der Waals surface area contributed by atoms with E-state index in [-0.39, 0.29) is 29.4 Å². The van der Waals surface area contributed by atoms with E-state index in [0.29, 0.717) is 43.9 Å². The number of anilines is 1. The summed E-state index contributed by atoms with van der Waals surface area (Å²) in [6, 6.07) is 11.6. The minimum atomic E-state index is -0.280. The molecule has 1 spiro atoms. The molecule has 2 aliphatic heterocycles. The summed E-state index contributed by atoms with van der Waals surface area (Å²) < 4.78 is 18.9. The van der Waals surface area contributed by atoms with Gasteiger partial charge in [-0.15, -0.1) is 0 Å². The Bertz CT molecular complexity index is 1520. The van der Waals surface area contributed by atoms with Crippen LogP contribution >= 0.6 is 0 Å².